The van der Waals surface area contributed by atoms with Gasteiger partial charge in [-0.05, 0) is 171 Å². The summed E-state index contributed by atoms with van der Waals surface area (Å²) in [5.41, 5.74) is 12.0. The van der Waals surface area contributed by atoms with Crippen LogP contribution < -0.4 is 0 Å². The molecular weight excluding hydrogens is 730 g/mol. The van der Waals surface area contributed by atoms with Crippen LogP contribution in [0.25, 0.3) is 55.6 Å². The van der Waals surface area contributed by atoms with E-state index in [0.717, 1.165) is 57.7 Å². The van der Waals surface area contributed by atoms with E-state index < -0.39 is 0 Å². The quantitative estimate of drug-likeness (QED) is 0.144. The highest BCUT2D eigenvalue weighted by Crippen LogP contribution is 2.46. The maximum Gasteiger partial charge on any atom is 0.131 e. The molecular formula is C56H57F3. The summed E-state index contributed by atoms with van der Waals surface area (Å²) in [5.74, 6) is 2.01. The molecule has 0 aromatic heterocycles. The molecule has 0 heterocycles. The van der Waals surface area contributed by atoms with Crippen LogP contribution in [-0.2, 0) is 0 Å². The fraction of sp³-hybridized carbons (Fsp3) is 0.357. The van der Waals surface area contributed by atoms with Crippen molar-refractivity contribution in [1.82, 2.24) is 0 Å². The van der Waals surface area contributed by atoms with Crippen molar-refractivity contribution in [2.24, 2.45) is 11.8 Å². The second-order valence-corrected chi connectivity index (χ2v) is 18.4. The fourth-order valence-electron chi connectivity index (χ4n) is 10.6. The van der Waals surface area contributed by atoms with E-state index in [1.165, 1.54) is 106 Å². The molecule has 6 aromatic carbocycles. The Balaban J connectivity index is 1.20. The van der Waals surface area contributed by atoms with Crippen molar-refractivity contribution >= 4 is 0 Å². The van der Waals surface area contributed by atoms with Crippen LogP contribution in [-0.4, -0.2) is 0 Å². The molecule has 3 aliphatic carbocycles. The fourth-order valence-corrected chi connectivity index (χ4v) is 10.6. The molecule has 0 bridgehead atoms. The maximum absolute atomic E-state index is 17.4. The van der Waals surface area contributed by atoms with Crippen molar-refractivity contribution in [3.8, 4) is 55.6 Å². The zero-order valence-electron chi connectivity index (χ0n) is 34.8. The largest absolute Gasteiger partial charge is 0.207 e. The van der Waals surface area contributed by atoms with E-state index in [0.29, 0.717) is 40.4 Å². The molecule has 0 amide bonds. The SMILES string of the molecule is CC1CCC(c2ccc(-c3ccc(F)cc3-c3cc(F)c(-c4cc(C5CCC(C)CC5)ccc4-c4ccc(F)cc4)cc3-c3ccc(C4CCCCC4)cc3)cc2)CC1. The zero-order valence-corrected chi connectivity index (χ0v) is 34.8. The van der Waals surface area contributed by atoms with Crippen molar-refractivity contribution in [2.75, 3.05) is 0 Å². The summed E-state index contributed by atoms with van der Waals surface area (Å²) in [6.07, 6.45) is 15.8. The molecule has 9 rings (SSSR count). The Morgan fingerprint density at radius 2 is 0.746 bits per heavy atom. The highest BCUT2D eigenvalue weighted by molar-refractivity contribution is 5.95. The van der Waals surface area contributed by atoms with Gasteiger partial charge in [0.25, 0.3) is 0 Å². The lowest BCUT2D eigenvalue weighted by molar-refractivity contribution is 0.348. The third-order valence-electron chi connectivity index (χ3n) is 14.4. The number of hydrogen-bond acceptors (Lipinski definition) is 0. The van der Waals surface area contributed by atoms with Crippen LogP contribution in [0.2, 0.25) is 0 Å². The van der Waals surface area contributed by atoms with Crippen LogP contribution in [0.15, 0.2) is 121 Å². The zero-order chi connectivity index (χ0) is 40.5. The molecule has 0 spiro atoms. The Morgan fingerprint density at radius 3 is 1.32 bits per heavy atom. The summed E-state index contributed by atoms with van der Waals surface area (Å²) >= 11 is 0. The number of benzene rings is 6. The van der Waals surface area contributed by atoms with Crippen LogP contribution in [0.1, 0.15) is 132 Å². The Hall–Kier alpha value is -4.89. The highest BCUT2D eigenvalue weighted by atomic mass is 19.1. The van der Waals surface area contributed by atoms with Gasteiger partial charge >= 0.3 is 0 Å². The van der Waals surface area contributed by atoms with E-state index in [9.17, 15) is 4.39 Å². The lowest BCUT2D eigenvalue weighted by Gasteiger charge is -2.27. The van der Waals surface area contributed by atoms with Crippen molar-refractivity contribution in [3.05, 3.63) is 155 Å². The van der Waals surface area contributed by atoms with Crippen LogP contribution in [0.5, 0.6) is 0 Å². The Kier molecular flexibility index (Phi) is 11.7. The molecule has 0 radical (unpaired) electrons. The van der Waals surface area contributed by atoms with E-state index >= 15 is 8.78 Å². The van der Waals surface area contributed by atoms with Gasteiger partial charge in [-0.2, -0.15) is 0 Å². The van der Waals surface area contributed by atoms with Gasteiger partial charge in [0.2, 0.25) is 0 Å². The van der Waals surface area contributed by atoms with Gasteiger partial charge in [-0.15, -0.1) is 0 Å². The van der Waals surface area contributed by atoms with Crippen molar-refractivity contribution in [3.63, 3.8) is 0 Å². The van der Waals surface area contributed by atoms with E-state index in [2.05, 4.69) is 80.6 Å². The van der Waals surface area contributed by atoms with E-state index in [1.54, 1.807) is 24.3 Å². The molecule has 3 aliphatic rings. The third-order valence-corrected chi connectivity index (χ3v) is 14.4. The molecule has 0 saturated heterocycles. The minimum Gasteiger partial charge on any atom is -0.207 e. The average molecular weight is 787 g/mol. The van der Waals surface area contributed by atoms with Gasteiger partial charge in [-0.25, -0.2) is 13.2 Å². The first-order chi connectivity index (χ1) is 28.8. The minimum atomic E-state index is -0.363. The minimum absolute atomic E-state index is 0.304. The third kappa shape index (κ3) is 8.59. The molecule has 0 unspecified atom stereocenters. The van der Waals surface area contributed by atoms with Crippen LogP contribution in [0.4, 0.5) is 13.2 Å². The second-order valence-electron chi connectivity index (χ2n) is 18.4. The first kappa shape index (κ1) is 39.6. The van der Waals surface area contributed by atoms with Gasteiger partial charge in [0.05, 0.1) is 0 Å². The molecule has 3 saturated carbocycles. The van der Waals surface area contributed by atoms with Crippen molar-refractivity contribution in [1.29, 1.82) is 0 Å². The van der Waals surface area contributed by atoms with Crippen LogP contribution in [0.3, 0.4) is 0 Å². The maximum atomic E-state index is 17.4. The van der Waals surface area contributed by atoms with Crippen LogP contribution in [0, 0.1) is 29.3 Å². The molecule has 3 fully saturated rings. The van der Waals surface area contributed by atoms with Crippen molar-refractivity contribution < 1.29 is 13.2 Å². The van der Waals surface area contributed by atoms with Gasteiger partial charge in [0, 0.05) is 5.56 Å². The van der Waals surface area contributed by atoms with E-state index in [-0.39, 0.29) is 17.5 Å². The summed E-state index contributed by atoms with van der Waals surface area (Å²) in [4.78, 5) is 0. The van der Waals surface area contributed by atoms with E-state index in [4.69, 9.17) is 0 Å². The lowest BCUT2D eigenvalue weighted by Crippen LogP contribution is -2.11. The summed E-state index contributed by atoms with van der Waals surface area (Å²) < 4.78 is 47.1. The molecule has 302 valence electrons. The number of rotatable bonds is 8. The number of halogens is 3. The summed E-state index contributed by atoms with van der Waals surface area (Å²) in [5, 5.41) is 0. The molecule has 0 N–H and O–H groups in total. The Morgan fingerprint density at radius 1 is 0.322 bits per heavy atom. The standard InChI is InChI=1S/C56H57F3/c1-36-8-12-39(13-9-36)41-16-20-43(21-17-41)50-31-29-48(58)33-53(50)54-35-56(59)55(34-51(54)45-22-18-40(19-23-45)38-6-4-3-5-7-38)52-32-46(42-14-10-37(2)11-15-42)26-30-49(52)44-24-27-47(57)28-25-44/h16-39,42H,3-15H2,1-2H3. The summed E-state index contributed by atoms with van der Waals surface area (Å²) in [6, 6.07) is 39.3. The van der Waals surface area contributed by atoms with Gasteiger partial charge in [-0.1, -0.05) is 144 Å². The normalized spacial score (nSPS) is 21.4. The first-order valence-corrected chi connectivity index (χ1v) is 22.5. The lowest BCUT2D eigenvalue weighted by atomic mass is 9.78. The Bertz CT molecular complexity index is 2370. The highest BCUT2D eigenvalue weighted by Gasteiger charge is 2.25. The van der Waals surface area contributed by atoms with Crippen LogP contribution >= 0.6 is 0 Å². The first-order valence-electron chi connectivity index (χ1n) is 22.5. The second kappa shape index (κ2) is 17.4. The summed E-state index contributed by atoms with van der Waals surface area (Å²) in [7, 11) is 0. The average Bonchev–Trinajstić information content (AvgIpc) is 3.27. The molecule has 0 atom stereocenters. The molecule has 0 aliphatic heterocycles. The molecule has 6 aromatic rings. The van der Waals surface area contributed by atoms with Gasteiger partial charge in [0.15, 0.2) is 0 Å². The topological polar surface area (TPSA) is 0 Å². The summed E-state index contributed by atoms with van der Waals surface area (Å²) in [6.45, 7) is 4.68. The van der Waals surface area contributed by atoms with Gasteiger partial charge in [0.1, 0.15) is 17.5 Å². The van der Waals surface area contributed by atoms with Crippen molar-refractivity contribution in [2.45, 2.75) is 115 Å². The van der Waals surface area contributed by atoms with Gasteiger partial charge in [-0.3, -0.25) is 0 Å². The molecule has 0 nitrogen and oxygen atoms in total. The molecule has 3 heteroatoms. The predicted molar refractivity (Wildman–Crippen MR) is 240 cm³/mol. The smallest absolute Gasteiger partial charge is 0.131 e. The van der Waals surface area contributed by atoms with E-state index in [1.807, 2.05) is 12.1 Å². The monoisotopic (exact) mass is 786 g/mol. The van der Waals surface area contributed by atoms with Gasteiger partial charge < -0.3 is 0 Å². The number of hydrogen-bond donors (Lipinski definition) is 0. The molecule has 59 heavy (non-hydrogen) atoms. The Labute approximate surface area is 349 Å². The predicted octanol–water partition coefficient (Wildman–Crippen LogP) is 17.1.